The SMILES string of the molecule is CC(N)CCCC(C)c1nnc2ncccn12. The number of rotatable bonds is 5. The second-order valence-corrected chi connectivity index (χ2v) is 4.66. The van der Waals surface area contributed by atoms with Crippen LogP contribution in [0.25, 0.3) is 5.78 Å². The second kappa shape index (κ2) is 5.23. The predicted octanol–water partition coefficient (Wildman–Crippen LogP) is 1.75. The van der Waals surface area contributed by atoms with E-state index >= 15 is 0 Å². The topological polar surface area (TPSA) is 69.1 Å². The fourth-order valence-corrected chi connectivity index (χ4v) is 1.97. The van der Waals surface area contributed by atoms with Gasteiger partial charge in [-0.05, 0) is 25.8 Å². The molecule has 0 aliphatic rings. The van der Waals surface area contributed by atoms with Crippen molar-refractivity contribution in [2.45, 2.75) is 45.1 Å². The number of fused-ring (bicyclic) bond motifs is 1. The van der Waals surface area contributed by atoms with E-state index in [1.54, 1.807) is 6.20 Å². The Morgan fingerprint density at radius 3 is 2.88 bits per heavy atom. The fraction of sp³-hybridized carbons (Fsp3) is 0.583. The van der Waals surface area contributed by atoms with Gasteiger partial charge >= 0.3 is 0 Å². The molecule has 0 bridgehead atoms. The highest BCUT2D eigenvalue weighted by Crippen LogP contribution is 2.20. The molecule has 17 heavy (non-hydrogen) atoms. The largest absolute Gasteiger partial charge is 0.328 e. The average molecular weight is 233 g/mol. The minimum absolute atomic E-state index is 0.277. The second-order valence-electron chi connectivity index (χ2n) is 4.66. The van der Waals surface area contributed by atoms with Gasteiger partial charge in [0.2, 0.25) is 0 Å². The van der Waals surface area contributed by atoms with Crippen molar-refractivity contribution in [1.29, 1.82) is 0 Å². The molecule has 2 unspecified atom stereocenters. The molecule has 2 heterocycles. The Bertz CT molecular complexity index is 476. The van der Waals surface area contributed by atoms with Crippen LogP contribution in [0.3, 0.4) is 0 Å². The quantitative estimate of drug-likeness (QED) is 0.854. The van der Waals surface area contributed by atoms with Crippen molar-refractivity contribution >= 4 is 5.78 Å². The summed E-state index contributed by atoms with van der Waals surface area (Å²) in [7, 11) is 0. The Balaban J connectivity index is 2.06. The molecule has 2 aromatic rings. The van der Waals surface area contributed by atoms with Crippen LogP contribution in [0.1, 0.15) is 44.9 Å². The van der Waals surface area contributed by atoms with E-state index in [1.807, 2.05) is 23.6 Å². The van der Waals surface area contributed by atoms with Crippen molar-refractivity contribution in [3.05, 3.63) is 24.3 Å². The summed E-state index contributed by atoms with van der Waals surface area (Å²) in [6.07, 6.45) is 6.94. The maximum absolute atomic E-state index is 5.74. The molecular weight excluding hydrogens is 214 g/mol. The molecular formula is C12H19N5. The number of hydrogen-bond donors (Lipinski definition) is 1. The zero-order chi connectivity index (χ0) is 12.3. The lowest BCUT2D eigenvalue weighted by molar-refractivity contribution is 0.540. The molecule has 0 saturated carbocycles. The van der Waals surface area contributed by atoms with Crippen molar-refractivity contribution in [2.75, 3.05) is 0 Å². The van der Waals surface area contributed by atoms with Crippen LogP contribution in [-0.4, -0.2) is 25.6 Å². The summed E-state index contributed by atoms with van der Waals surface area (Å²) in [6, 6.07) is 2.17. The van der Waals surface area contributed by atoms with Crippen LogP contribution in [0, 0.1) is 0 Å². The van der Waals surface area contributed by atoms with Gasteiger partial charge in [-0.3, -0.25) is 4.40 Å². The third-order valence-electron chi connectivity index (χ3n) is 2.95. The Kier molecular flexibility index (Phi) is 3.68. The smallest absolute Gasteiger partial charge is 0.254 e. The van der Waals surface area contributed by atoms with Crippen LogP contribution in [0.4, 0.5) is 0 Å². The van der Waals surface area contributed by atoms with Gasteiger partial charge < -0.3 is 5.73 Å². The molecule has 0 amide bonds. The summed E-state index contributed by atoms with van der Waals surface area (Å²) in [4.78, 5) is 4.16. The zero-order valence-electron chi connectivity index (χ0n) is 10.4. The first-order valence-corrected chi connectivity index (χ1v) is 6.09. The van der Waals surface area contributed by atoms with E-state index in [1.165, 1.54) is 0 Å². The maximum atomic E-state index is 5.74. The highest BCUT2D eigenvalue weighted by Gasteiger charge is 2.13. The zero-order valence-corrected chi connectivity index (χ0v) is 10.4. The maximum Gasteiger partial charge on any atom is 0.254 e. The lowest BCUT2D eigenvalue weighted by atomic mass is 10.0. The molecule has 2 atom stereocenters. The van der Waals surface area contributed by atoms with Gasteiger partial charge in [0, 0.05) is 24.4 Å². The van der Waals surface area contributed by atoms with Gasteiger partial charge in [-0.25, -0.2) is 4.98 Å². The van der Waals surface area contributed by atoms with Gasteiger partial charge in [0.1, 0.15) is 5.82 Å². The summed E-state index contributed by atoms with van der Waals surface area (Å²) >= 11 is 0. The first kappa shape index (κ1) is 12.0. The number of nitrogens with zero attached hydrogens (tertiary/aromatic N) is 4. The standard InChI is InChI=1S/C12H19N5/c1-9(5-3-6-10(2)13)11-15-16-12-14-7-4-8-17(11)12/h4,7-10H,3,5-6,13H2,1-2H3. The van der Waals surface area contributed by atoms with E-state index in [0.29, 0.717) is 11.7 Å². The van der Waals surface area contributed by atoms with Crippen LogP contribution in [0.5, 0.6) is 0 Å². The molecule has 0 saturated heterocycles. The van der Waals surface area contributed by atoms with E-state index in [2.05, 4.69) is 22.1 Å². The van der Waals surface area contributed by atoms with Crippen LogP contribution < -0.4 is 5.73 Å². The summed E-state index contributed by atoms with van der Waals surface area (Å²) in [5, 5.41) is 8.27. The summed E-state index contributed by atoms with van der Waals surface area (Å²) < 4.78 is 1.95. The summed E-state index contributed by atoms with van der Waals surface area (Å²) in [5.74, 6) is 2.03. The minimum Gasteiger partial charge on any atom is -0.328 e. The van der Waals surface area contributed by atoms with Crippen LogP contribution in [0.15, 0.2) is 18.5 Å². The van der Waals surface area contributed by atoms with E-state index in [-0.39, 0.29) is 6.04 Å². The van der Waals surface area contributed by atoms with Crippen molar-refractivity contribution in [1.82, 2.24) is 19.6 Å². The van der Waals surface area contributed by atoms with Gasteiger partial charge in [0.05, 0.1) is 0 Å². The highest BCUT2D eigenvalue weighted by atomic mass is 15.3. The van der Waals surface area contributed by atoms with Gasteiger partial charge in [0.15, 0.2) is 0 Å². The average Bonchev–Trinajstić information content (AvgIpc) is 2.72. The monoisotopic (exact) mass is 233 g/mol. The molecule has 0 radical (unpaired) electrons. The van der Waals surface area contributed by atoms with Gasteiger partial charge in [-0.15, -0.1) is 10.2 Å². The van der Waals surface area contributed by atoms with Gasteiger partial charge in [-0.2, -0.15) is 0 Å². The Morgan fingerprint density at radius 2 is 2.12 bits per heavy atom. The molecule has 2 N–H and O–H groups in total. The van der Waals surface area contributed by atoms with Gasteiger partial charge in [-0.1, -0.05) is 13.3 Å². The minimum atomic E-state index is 0.277. The molecule has 0 aliphatic carbocycles. The third-order valence-corrected chi connectivity index (χ3v) is 2.95. The Hall–Kier alpha value is -1.49. The number of hydrogen-bond acceptors (Lipinski definition) is 4. The van der Waals surface area contributed by atoms with E-state index in [9.17, 15) is 0 Å². The molecule has 0 spiro atoms. The Labute approximate surface area is 101 Å². The number of nitrogens with two attached hydrogens (primary N) is 1. The van der Waals surface area contributed by atoms with Crippen molar-refractivity contribution in [3.63, 3.8) is 0 Å². The van der Waals surface area contributed by atoms with Crippen LogP contribution in [0.2, 0.25) is 0 Å². The first-order valence-electron chi connectivity index (χ1n) is 6.09. The molecule has 0 aliphatic heterocycles. The molecule has 92 valence electrons. The van der Waals surface area contributed by atoms with Crippen molar-refractivity contribution in [3.8, 4) is 0 Å². The van der Waals surface area contributed by atoms with Gasteiger partial charge in [0.25, 0.3) is 5.78 Å². The molecule has 5 heteroatoms. The van der Waals surface area contributed by atoms with Crippen molar-refractivity contribution < 1.29 is 0 Å². The fourth-order valence-electron chi connectivity index (χ4n) is 1.97. The molecule has 5 nitrogen and oxygen atoms in total. The molecule has 2 rings (SSSR count). The number of aromatic nitrogens is 4. The van der Waals surface area contributed by atoms with E-state index < -0.39 is 0 Å². The van der Waals surface area contributed by atoms with Crippen LogP contribution in [-0.2, 0) is 0 Å². The normalized spacial score (nSPS) is 15.0. The third kappa shape index (κ3) is 2.79. The summed E-state index contributed by atoms with van der Waals surface area (Å²) in [6.45, 7) is 4.21. The molecule has 0 fully saturated rings. The van der Waals surface area contributed by atoms with Crippen molar-refractivity contribution in [2.24, 2.45) is 5.73 Å². The lowest BCUT2D eigenvalue weighted by Gasteiger charge is -2.10. The highest BCUT2D eigenvalue weighted by molar-refractivity contribution is 5.27. The lowest BCUT2D eigenvalue weighted by Crippen LogP contribution is -2.14. The van der Waals surface area contributed by atoms with Crippen LogP contribution >= 0.6 is 0 Å². The first-order chi connectivity index (χ1) is 8.18. The molecule has 2 aromatic heterocycles. The summed E-state index contributed by atoms with van der Waals surface area (Å²) in [5.41, 5.74) is 5.74. The predicted molar refractivity (Wildman–Crippen MR) is 66.7 cm³/mol. The molecule has 0 aromatic carbocycles. The van der Waals surface area contributed by atoms with E-state index in [4.69, 9.17) is 5.73 Å². The van der Waals surface area contributed by atoms with E-state index in [0.717, 1.165) is 25.1 Å². The Morgan fingerprint density at radius 1 is 1.29 bits per heavy atom.